The summed E-state index contributed by atoms with van der Waals surface area (Å²) in [5, 5.41) is 5.77. The molecule has 2 rings (SSSR count). The Morgan fingerprint density at radius 1 is 1.20 bits per heavy atom. The van der Waals surface area contributed by atoms with Crippen LogP contribution in [-0.4, -0.2) is 24.8 Å². The molecule has 0 aliphatic rings. The molecule has 0 aliphatic heterocycles. The zero-order valence-corrected chi connectivity index (χ0v) is 13.9. The van der Waals surface area contributed by atoms with E-state index in [-0.39, 0.29) is 11.5 Å². The number of carbonyl (C=O) groups excluding carboxylic acids is 1. The molecular weight excluding hydrogens is 343 g/mol. The molecule has 2 heterocycles. The van der Waals surface area contributed by atoms with Crippen molar-refractivity contribution >= 4 is 11.7 Å². The highest BCUT2D eigenvalue weighted by molar-refractivity contribution is 5.92. The fraction of sp³-hybridized carbons (Fsp3) is 0.429. The van der Waals surface area contributed by atoms with Gasteiger partial charge in [0.25, 0.3) is 5.56 Å². The summed E-state index contributed by atoms with van der Waals surface area (Å²) in [5.41, 5.74) is -2.23. The van der Waals surface area contributed by atoms with Gasteiger partial charge in [0, 0.05) is 25.9 Å². The third-order valence-corrected chi connectivity index (χ3v) is 3.74. The van der Waals surface area contributed by atoms with Gasteiger partial charge in [0.15, 0.2) is 5.69 Å². The van der Waals surface area contributed by atoms with E-state index in [0.717, 1.165) is 25.9 Å². The number of rotatable bonds is 3. The number of hydrogen-bond acceptors (Lipinski definition) is 4. The largest absolute Gasteiger partial charge is 0.435 e. The number of aromatic nitrogens is 4. The van der Waals surface area contributed by atoms with E-state index >= 15 is 0 Å². The Morgan fingerprint density at radius 3 is 2.32 bits per heavy atom. The van der Waals surface area contributed by atoms with Crippen molar-refractivity contribution in [2.45, 2.75) is 26.1 Å². The van der Waals surface area contributed by atoms with Gasteiger partial charge in [-0.15, -0.1) is 0 Å². The van der Waals surface area contributed by atoms with Gasteiger partial charge in [-0.25, -0.2) is 4.79 Å². The maximum Gasteiger partial charge on any atom is 0.435 e. The van der Waals surface area contributed by atoms with Gasteiger partial charge in [-0.3, -0.25) is 23.4 Å². The Kier molecular flexibility index (Phi) is 4.60. The van der Waals surface area contributed by atoms with Gasteiger partial charge in [-0.05, 0) is 19.9 Å². The molecular formula is C14H16F3N5O3. The van der Waals surface area contributed by atoms with Crippen molar-refractivity contribution in [3.8, 4) is 0 Å². The third kappa shape index (κ3) is 3.49. The van der Waals surface area contributed by atoms with Crippen LogP contribution in [0.3, 0.4) is 0 Å². The first-order chi connectivity index (χ1) is 11.4. The van der Waals surface area contributed by atoms with E-state index in [1.54, 1.807) is 0 Å². The molecule has 0 aromatic carbocycles. The van der Waals surface area contributed by atoms with Crippen LogP contribution in [0.25, 0.3) is 0 Å². The van der Waals surface area contributed by atoms with E-state index in [0.29, 0.717) is 0 Å². The van der Waals surface area contributed by atoms with E-state index in [4.69, 9.17) is 0 Å². The van der Waals surface area contributed by atoms with E-state index < -0.39 is 35.1 Å². The average molecular weight is 359 g/mol. The summed E-state index contributed by atoms with van der Waals surface area (Å²) in [6.07, 6.45) is -4.62. The average Bonchev–Trinajstić information content (AvgIpc) is 2.91. The molecule has 1 amide bonds. The van der Waals surface area contributed by atoms with E-state index in [9.17, 15) is 27.6 Å². The molecule has 0 saturated carbocycles. The van der Waals surface area contributed by atoms with E-state index in [1.165, 1.54) is 27.9 Å². The molecule has 2 aromatic heterocycles. The monoisotopic (exact) mass is 359 g/mol. The molecule has 136 valence electrons. The van der Waals surface area contributed by atoms with Crippen molar-refractivity contribution in [3.63, 3.8) is 0 Å². The molecule has 11 heteroatoms. The Balaban J connectivity index is 2.32. The van der Waals surface area contributed by atoms with Crippen LogP contribution in [0.15, 0.2) is 21.7 Å². The molecule has 1 N–H and O–H groups in total. The summed E-state index contributed by atoms with van der Waals surface area (Å²) < 4.78 is 41.0. The van der Waals surface area contributed by atoms with Gasteiger partial charge in [0.2, 0.25) is 5.91 Å². The van der Waals surface area contributed by atoms with Crippen LogP contribution in [0, 0.1) is 6.92 Å². The Labute approximate surface area is 139 Å². The second-order valence-electron chi connectivity index (χ2n) is 5.55. The predicted octanol–water partition coefficient (Wildman–Crippen LogP) is 0.807. The van der Waals surface area contributed by atoms with Crippen LogP contribution < -0.4 is 16.6 Å². The normalized spacial score (nSPS) is 12.9. The fourth-order valence-corrected chi connectivity index (χ4v) is 2.21. The first-order valence-electron chi connectivity index (χ1n) is 7.14. The van der Waals surface area contributed by atoms with Crippen molar-refractivity contribution in [1.29, 1.82) is 0 Å². The number of aryl methyl sites for hydroxylation is 1. The summed E-state index contributed by atoms with van der Waals surface area (Å²) in [6, 6.07) is 0.788. The summed E-state index contributed by atoms with van der Waals surface area (Å²) >= 11 is 0. The lowest BCUT2D eigenvalue weighted by Crippen LogP contribution is -2.38. The maximum atomic E-state index is 12.7. The molecule has 0 radical (unpaired) electrons. The van der Waals surface area contributed by atoms with E-state index in [2.05, 4.69) is 10.4 Å². The van der Waals surface area contributed by atoms with E-state index in [1.807, 2.05) is 0 Å². The number of amides is 1. The number of carbonyl (C=O) groups is 1. The van der Waals surface area contributed by atoms with Gasteiger partial charge in [-0.2, -0.15) is 18.3 Å². The van der Waals surface area contributed by atoms with Crippen LogP contribution in [0.1, 0.15) is 24.4 Å². The highest BCUT2D eigenvalue weighted by atomic mass is 19.4. The summed E-state index contributed by atoms with van der Waals surface area (Å²) in [4.78, 5) is 35.8. The van der Waals surface area contributed by atoms with Crippen molar-refractivity contribution in [1.82, 2.24) is 18.9 Å². The van der Waals surface area contributed by atoms with Gasteiger partial charge in [-0.1, -0.05) is 0 Å². The van der Waals surface area contributed by atoms with Gasteiger partial charge in [0.05, 0.1) is 0 Å². The highest BCUT2D eigenvalue weighted by Gasteiger charge is 2.35. The topological polar surface area (TPSA) is 90.9 Å². The van der Waals surface area contributed by atoms with Crippen LogP contribution in [-0.2, 0) is 25.1 Å². The van der Waals surface area contributed by atoms with Crippen LogP contribution in [0.2, 0.25) is 0 Å². The molecule has 0 spiro atoms. The minimum absolute atomic E-state index is 0.0641. The van der Waals surface area contributed by atoms with Gasteiger partial charge >= 0.3 is 11.9 Å². The Hall–Kier alpha value is -2.85. The molecule has 0 saturated heterocycles. The summed E-state index contributed by atoms with van der Waals surface area (Å²) in [7, 11) is 2.63. The SMILES string of the molecule is Cc1cc(C(F)(F)F)nn1C(C)C(=O)Nc1cc(=O)n(C)c(=O)n1C. The van der Waals surface area contributed by atoms with Crippen molar-refractivity contribution in [2.75, 3.05) is 5.32 Å². The van der Waals surface area contributed by atoms with Gasteiger partial charge in [0.1, 0.15) is 11.9 Å². The third-order valence-electron chi connectivity index (χ3n) is 3.74. The first-order valence-corrected chi connectivity index (χ1v) is 7.14. The molecule has 1 unspecified atom stereocenters. The van der Waals surface area contributed by atoms with Gasteiger partial charge < -0.3 is 5.32 Å². The number of alkyl halides is 3. The molecule has 25 heavy (non-hydrogen) atoms. The van der Waals surface area contributed by atoms with Crippen molar-refractivity contribution in [2.24, 2.45) is 14.1 Å². The zero-order valence-electron chi connectivity index (χ0n) is 13.9. The van der Waals surface area contributed by atoms with Crippen molar-refractivity contribution < 1.29 is 18.0 Å². The lowest BCUT2D eigenvalue weighted by molar-refractivity contribution is -0.141. The lowest BCUT2D eigenvalue weighted by atomic mass is 10.3. The number of nitrogens with zero attached hydrogens (tertiary/aromatic N) is 4. The predicted molar refractivity (Wildman–Crippen MR) is 82.2 cm³/mol. The second-order valence-corrected chi connectivity index (χ2v) is 5.55. The molecule has 8 nitrogen and oxygen atoms in total. The molecule has 0 aliphatic carbocycles. The minimum atomic E-state index is -4.62. The lowest BCUT2D eigenvalue weighted by Gasteiger charge is -2.16. The maximum absolute atomic E-state index is 12.7. The smallest absolute Gasteiger partial charge is 0.310 e. The molecule has 1 atom stereocenters. The van der Waals surface area contributed by atoms with Crippen LogP contribution >= 0.6 is 0 Å². The second kappa shape index (κ2) is 6.22. The number of halogens is 3. The molecule has 0 fully saturated rings. The molecule has 0 bridgehead atoms. The highest BCUT2D eigenvalue weighted by Crippen LogP contribution is 2.29. The quantitative estimate of drug-likeness (QED) is 0.878. The first kappa shape index (κ1) is 18.5. The van der Waals surface area contributed by atoms with Crippen LogP contribution in [0.4, 0.5) is 19.0 Å². The summed E-state index contributed by atoms with van der Waals surface area (Å²) in [5.74, 6) is -0.783. The molecule has 2 aromatic rings. The number of nitrogens with one attached hydrogen (secondary N) is 1. The zero-order chi connectivity index (χ0) is 19.1. The number of anilines is 1. The fourth-order valence-electron chi connectivity index (χ4n) is 2.21. The Bertz CT molecular complexity index is 939. The van der Waals surface area contributed by atoms with Crippen LogP contribution in [0.5, 0.6) is 0 Å². The van der Waals surface area contributed by atoms with Crippen molar-refractivity contribution in [3.05, 3.63) is 44.4 Å². The standard InChI is InChI=1S/C14H16F3N5O3/c1-7-5-9(14(15,16)17)19-22(7)8(2)12(24)18-10-6-11(23)21(4)13(25)20(10)3/h5-6,8H,1-4H3,(H,18,24). The minimum Gasteiger partial charge on any atom is -0.310 e. The number of hydrogen-bond donors (Lipinski definition) is 1. The summed E-state index contributed by atoms with van der Waals surface area (Å²) in [6.45, 7) is 2.74. The Morgan fingerprint density at radius 2 is 1.80 bits per heavy atom.